The Morgan fingerprint density at radius 3 is 2.71 bits per heavy atom. The van der Waals surface area contributed by atoms with Crippen LogP contribution >= 0.6 is 0 Å². The number of carbonyl (C=O) groups excluding carboxylic acids is 1. The maximum Gasteiger partial charge on any atom is 0.757 e. The maximum absolute atomic E-state index is 11.5. The Morgan fingerprint density at radius 1 is 1.86 bits per heavy atom. The largest absolute Gasteiger partial charge is 0.757 e. The quantitative estimate of drug-likeness (QED) is 0.389. The molecular formula is C2H2BFO3. The summed E-state index contributed by atoms with van der Waals surface area (Å²) in [5.41, 5.74) is 0. The zero-order valence-electron chi connectivity index (χ0n) is 3.39. The van der Waals surface area contributed by atoms with Crippen molar-refractivity contribution in [3.8, 4) is 0 Å². The zero-order valence-corrected chi connectivity index (χ0v) is 3.39. The maximum atomic E-state index is 11.5. The Hall–Kier alpha value is -0.575. The van der Waals surface area contributed by atoms with Crippen molar-refractivity contribution >= 4 is 13.4 Å². The first-order valence-electron chi connectivity index (χ1n) is 1.74. The molecule has 0 unspecified atom stereocenters. The molecule has 0 amide bonds. The molecular weight excluding hydrogens is 102 g/mol. The first-order valence-corrected chi connectivity index (χ1v) is 1.74. The van der Waals surface area contributed by atoms with Crippen LogP contribution in [-0.2, 0) is 14.1 Å². The summed E-state index contributed by atoms with van der Waals surface area (Å²) in [6.45, 7) is -0.263. The molecule has 0 aromatic rings. The van der Waals surface area contributed by atoms with E-state index < -0.39 is 13.4 Å². The van der Waals surface area contributed by atoms with E-state index in [0.29, 0.717) is 0 Å². The molecule has 0 saturated carbocycles. The van der Waals surface area contributed by atoms with Gasteiger partial charge in [0.1, 0.15) is 6.61 Å². The number of hydrogen-bond acceptors (Lipinski definition) is 3. The van der Waals surface area contributed by atoms with Gasteiger partial charge in [0.15, 0.2) is 0 Å². The second-order valence-corrected chi connectivity index (χ2v) is 1.08. The highest BCUT2D eigenvalue weighted by atomic mass is 19.1. The van der Waals surface area contributed by atoms with E-state index in [1.807, 2.05) is 0 Å². The van der Waals surface area contributed by atoms with Crippen LogP contribution in [0.3, 0.4) is 0 Å². The molecule has 3 nitrogen and oxygen atoms in total. The van der Waals surface area contributed by atoms with Crippen molar-refractivity contribution in [2.24, 2.45) is 0 Å². The molecule has 7 heavy (non-hydrogen) atoms. The van der Waals surface area contributed by atoms with Gasteiger partial charge >= 0.3 is 13.4 Å². The van der Waals surface area contributed by atoms with E-state index >= 15 is 0 Å². The van der Waals surface area contributed by atoms with Gasteiger partial charge < -0.3 is 9.31 Å². The Morgan fingerprint density at radius 2 is 2.57 bits per heavy atom. The summed E-state index contributed by atoms with van der Waals surface area (Å²) in [6.07, 6.45) is 0. The van der Waals surface area contributed by atoms with Crippen LogP contribution in [0.25, 0.3) is 0 Å². The minimum atomic E-state index is -1.83. The van der Waals surface area contributed by atoms with Crippen LogP contribution in [0, 0.1) is 0 Å². The summed E-state index contributed by atoms with van der Waals surface area (Å²) >= 11 is 0. The predicted octanol–water partition coefficient (Wildman–Crippen LogP) is -0.486. The molecule has 1 heterocycles. The minimum Gasteiger partial charge on any atom is -0.480 e. The lowest BCUT2D eigenvalue weighted by molar-refractivity contribution is -0.132. The van der Waals surface area contributed by atoms with Gasteiger partial charge in [0, 0.05) is 0 Å². The Kier molecular flexibility index (Phi) is 0.979. The first kappa shape index (κ1) is 4.58. The van der Waals surface area contributed by atoms with Gasteiger partial charge in [-0.3, -0.25) is 4.79 Å². The van der Waals surface area contributed by atoms with Crippen LogP contribution in [0.15, 0.2) is 0 Å². The fourth-order valence-corrected chi connectivity index (χ4v) is 0.305. The Labute approximate surface area is 39.6 Å². The van der Waals surface area contributed by atoms with Gasteiger partial charge in [0.05, 0.1) is 0 Å². The molecule has 0 bridgehead atoms. The summed E-state index contributed by atoms with van der Waals surface area (Å²) in [6, 6.07) is 0. The molecule has 1 rings (SSSR count). The molecule has 1 fully saturated rings. The van der Waals surface area contributed by atoms with E-state index in [9.17, 15) is 9.11 Å². The number of carbonyl (C=O) groups is 1. The van der Waals surface area contributed by atoms with E-state index in [1.165, 1.54) is 0 Å². The average Bonchev–Trinajstić information content (AvgIpc) is 1.87. The fourth-order valence-electron chi connectivity index (χ4n) is 0.305. The van der Waals surface area contributed by atoms with Crippen molar-refractivity contribution in [1.82, 2.24) is 0 Å². The molecule has 0 radical (unpaired) electrons. The van der Waals surface area contributed by atoms with Gasteiger partial charge in [-0.2, -0.15) is 0 Å². The molecule has 0 atom stereocenters. The molecule has 0 aromatic heterocycles. The highest BCUT2D eigenvalue weighted by Crippen LogP contribution is 1.99. The van der Waals surface area contributed by atoms with Crippen LogP contribution in [-0.4, -0.2) is 20.0 Å². The lowest BCUT2D eigenvalue weighted by Crippen LogP contribution is -2.05. The van der Waals surface area contributed by atoms with Crippen molar-refractivity contribution < 1.29 is 18.4 Å². The summed E-state index contributed by atoms with van der Waals surface area (Å²) in [4.78, 5) is 9.87. The van der Waals surface area contributed by atoms with Crippen LogP contribution in [0.2, 0.25) is 0 Å². The van der Waals surface area contributed by atoms with E-state index in [1.54, 1.807) is 0 Å². The van der Waals surface area contributed by atoms with Crippen molar-refractivity contribution in [1.29, 1.82) is 0 Å². The molecule has 0 aliphatic carbocycles. The third kappa shape index (κ3) is 0.897. The molecule has 1 aliphatic heterocycles. The van der Waals surface area contributed by atoms with Crippen LogP contribution in [0.1, 0.15) is 0 Å². The lowest BCUT2D eigenvalue weighted by atomic mass is 10.3. The lowest BCUT2D eigenvalue weighted by Gasteiger charge is -1.82. The third-order valence-corrected chi connectivity index (χ3v) is 0.556. The van der Waals surface area contributed by atoms with Gasteiger partial charge in [0.2, 0.25) is 0 Å². The van der Waals surface area contributed by atoms with Gasteiger partial charge in [0.25, 0.3) is 0 Å². The predicted molar refractivity (Wildman–Crippen MR) is 18.9 cm³/mol. The molecule has 0 aromatic carbocycles. The minimum absolute atomic E-state index is 0.263. The molecule has 0 N–H and O–H groups in total. The smallest absolute Gasteiger partial charge is 0.480 e. The van der Waals surface area contributed by atoms with E-state index in [0.717, 1.165) is 0 Å². The first-order chi connectivity index (χ1) is 3.29. The fraction of sp³-hybridized carbons (Fsp3) is 0.500. The van der Waals surface area contributed by atoms with E-state index in [2.05, 4.69) is 9.31 Å². The van der Waals surface area contributed by atoms with E-state index in [-0.39, 0.29) is 6.61 Å². The Bertz CT molecular complexity index is 94.9. The van der Waals surface area contributed by atoms with Gasteiger partial charge in [-0.05, 0) is 0 Å². The summed E-state index contributed by atoms with van der Waals surface area (Å²) in [5, 5.41) is 0. The van der Waals surface area contributed by atoms with Crippen molar-refractivity contribution in [2.75, 3.05) is 6.61 Å². The normalized spacial score (nSPS) is 20.1. The number of rotatable bonds is 0. The van der Waals surface area contributed by atoms with Gasteiger partial charge in [-0.15, -0.1) is 0 Å². The zero-order chi connectivity index (χ0) is 5.28. The summed E-state index contributed by atoms with van der Waals surface area (Å²) in [5.74, 6) is -0.646. The molecule has 1 saturated heterocycles. The Balaban J connectivity index is 2.40. The average molecular weight is 104 g/mol. The third-order valence-electron chi connectivity index (χ3n) is 0.556. The molecule has 5 heteroatoms. The highest BCUT2D eigenvalue weighted by Gasteiger charge is 2.32. The van der Waals surface area contributed by atoms with Crippen LogP contribution in [0.4, 0.5) is 4.32 Å². The van der Waals surface area contributed by atoms with Crippen LogP contribution < -0.4 is 0 Å². The SMILES string of the molecule is O=C1COB(F)O1. The second kappa shape index (κ2) is 1.50. The molecule has 1 aliphatic rings. The van der Waals surface area contributed by atoms with Crippen molar-refractivity contribution in [3.05, 3.63) is 0 Å². The number of halogens is 1. The summed E-state index contributed by atoms with van der Waals surface area (Å²) < 4.78 is 19.4. The van der Waals surface area contributed by atoms with Crippen LogP contribution in [0.5, 0.6) is 0 Å². The van der Waals surface area contributed by atoms with Crippen molar-refractivity contribution in [2.45, 2.75) is 0 Å². The molecule has 38 valence electrons. The number of hydrogen-bond donors (Lipinski definition) is 0. The molecule has 0 spiro atoms. The topological polar surface area (TPSA) is 35.5 Å². The van der Waals surface area contributed by atoms with E-state index in [4.69, 9.17) is 0 Å². The highest BCUT2D eigenvalue weighted by molar-refractivity contribution is 6.40. The van der Waals surface area contributed by atoms with Gasteiger partial charge in [-0.25, -0.2) is 4.32 Å². The van der Waals surface area contributed by atoms with Gasteiger partial charge in [-0.1, -0.05) is 0 Å². The summed E-state index contributed by atoms with van der Waals surface area (Å²) in [7, 11) is -1.83. The van der Waals surface area contributed by atoms with Crippen molar-refractivity contribution in [3.63, 3.8) is 0 Å². The standard InChI is InChI=1S/C2H2BFO3/c4-3-6-1-2(5)7-3/h1H2. The monoisotopic (exact) mass is 104 g/mol. The second-order valence-electron chi connectivity index (χ2n) is 1.08.